The van der Waals surface area contributed by atoms with Gasteiger partial charge in [-0.1, -0.05) is 24.3 Å². The number of aryl methyl sites for hydroxylation is 1. The number of hydrogen-bond donors (Lipinski definition) is 3. The highest BCUT2D eigenvalue weighted by molar-refractivity contribution is 9.10. The van der Waals surface area contributed by atoms with Crippen LogP contribution < -0.4 is 30.2 Å². The summed E-state index contributed by atoms with van der Waals surface area (Å²) in [6.45, 7) is 2.53. The van der Waals surface area contributed by atoms with Crippen molar-refractivity contribution in [3.63, 3.8) is 0 Å². The van der Waals surface area contributed by atoms with Crippen LogP contribution in [0.15, 0.2) is 76.8 Å². The van der Waals surface area contributed by atoms with Crippen molar-refractivity contribution in [2.24, 2.45) is 5.92 Å². The number of nitrogens with one attached hydrogen (secondary N) is 3. The second kappa shape index (κ2) is 14.1. The predicted octanol–water partition coefficient (Wildman–Crippen LogP) is 5.67. The van der Waals surface area contributed by atoms with Crippen LogP contribution in [0.25, 0.3) is 5.57 Å². The molecule has 1 aliphatic carbocycles. The van der Waals surface area contributed by atoms with E-state index in [4.69, 9.17) is 14.2 Å². The molecule has 6 rings (SSSR count). The van der Waals surface area contributed by atoms with Gasteiger partial charge < -0.3 is 30.2 Å². The molecule has 9 heteroatoms. The monoisotopic (exact) mass is 663 g/mol. The lowest BCUT2D eigenvalue weighted by molar-refractivity contribution is -0.119. The second-order valence-electron chi connectivity index (χ2n) is 11.8. The van der Waals surface area contributed by atoms with Crippen LogP contribution in [0.3, 0.4) is 0 Å². The van der Waals surface area contributed by atoms with Crippen LogP contribution in [0, 0.1) is 11.7 Å². The van der Waals surface area contributed by atoms with Gasteiger partial charge in [0, 0.05) is 30.8 Å². The molecular weight excluding hydrogens is 625 g/mol. The first kappa shape index (κ1) is 30.6. The van der Waals surface area contributed by atoms with Crippen LogP contribution in [-0.4, -0.2) is 57.4 Å². The molecule has 3 aliphatic rings. The number of ether oxygens (including phenoxy) is 3. The molecule has 3 aromatic rings. The molecule has 0 spiro atoms. The van der Waals surface area contributed by atoms with Gasteiger partial charge in [0.1, 0.15) is 29.7 Å². The number of benzene rings is 3. The maximum Gasteiger partial charge on any atom is 0.249 e. The van der Waals surface area contributed by atoms with Gasteiger partial charge in [0.15, 0.2) is 0 Å². The minimum absolute atomic E-state index is 0.0142. The summed E-state index contributed by atoms with van der Waals surface area (Å²) in [5.41, 5.74) is 4.23. The van der Waals surface area contributed by atoms with Crippen molar-refractivity contribution in [1.82, 2.24) is 16.0 Å². The normalized spacial score (nSPS) is 20.2. The summed E-state index contributed by atoms with van der Waals surface area (Å²) >= 11 is 3.41. The van der Waals surface area contributed by atoms with E-state index < -0.39 is 0 Å². The van der Waals surface area contributed by atoms with Crippen LogP contribution in [0.5, 0.6) is 17.2 Å². The number of carbonyl (C=O) groups excluding carboxylic acids is 1. The molecule has 0 aromatic heterocycles. The first-order valence-electron chi connectivity index (χ1n) is 15.4. The molecule has 3 aromatic carbocycles. The van der Waals surface area contributed by atoms with Gasteiger partial charge in [-0.15, -0.1) is 0 Å². The molecule has 232 valence electrons. The maximum absolute atomic E-state index is 14.0. The predicted molar refractivity (Wildman–Crippen MR) is 173 cm³/mol. The van der Waals surface area contributed by atoms with Gasteiger partial charge in [-0.25, -0.2) is 4.39 Å². The maximum atomic E-state index is 14.0. The number of amides is 1. The Balaban J connectivity index is 1.12. The smallest absolute Gasteiger partial charge is 0.249 e. The first-order chi connectivity index (χ1) is 21.5. The van der Waals surface area contributed by atoms with E-state index in [0.717, 1.165) is 77.9 Å². The summed E-state index contributed by atoms with van der Waals surface area (Å²) in [6, 6.07) is 20.7. The summed E-state index contributed by atoms with van der Waals surface area (Å²) in [6.07, 6.45) is 4.63. The number of rotatable bonds is 13. The molecule has 3 atom stereocenters. The Bertz CT molecular complexity index is 1480. The fraction of sp³-hybridized carbons (Fsp3) is 0.400. The van der Waals surface area contributed by atoms with Crippen molar-refractivity contribution in [2.75, 3.05) is 33.4 Å². The Morgan fingerprint density at radius 1 is 1.02 bits per heavy atom. The highest BCUT2D eigenvalue weighted by atomic mass is 79.9. The molecule has 2 aliphatic heterocycles. The topological polar surface area (TPSA) is 80.9 Å². The van der Waals surface area contributed by atoms with Crippen molar-refractivity contribution in [2.45, 2.75) is 50.2 Å². The number of methoxy groups -OCH3 is 1. The van der Waals surface area contributed by atoms with Crippen molar-refractivity contribution in [3.05, 3.63) is 93.7 Å². The molecule has 2 bridgehead atoms. The third-order valence-electron chi connectivity index (χ3n) is 8.60. The first-order valence-corrected chi connectivity index (χ1v) is 16.2. The van der Waals surface area contributed by atoms with Crippen molar-refractivity contribution < 1.29 is 23.4 Å². The zero-order chi connectivity index (χ0) is 30.5. The molecular formula is C35H39BrFN3O4. The molecule has 3 N–H and O–H groups in total. The Kier molecular flexibility index (Phi) is 9.84. The van der Waals surface area contributed by atoms with Gasteiger partial charge in [0.25, 0.3) is 0 Å². The minimum Gasteiger partial charge on any atom is -0.497 e. The van der Waals surface area contributed by atoms with E-state index >= 15 is 0 Å². The highest BCUT2D eigenvalue weighted by Crippen LogP contribution is 2.35. The molecule has 1 amide bonds. The molecule has 0 radical (unpaired) electrons. The van der Waals surface area contributed by atoms with E-state index in [0.29, 0.717) is 24.9 Å². The number of hydrogen-bond acceptors (Lipinski definition) is 6. The van der Waals surface area contributed by atoms with Crippen LogP contribution in [0.4, 0.5) is 4.39 Å². The Morgan fingerprint density at radius 2 is 1.80 bits per heavy atom. The van der Waals surface area contributed by atoms with Crippen molar-refractivity contribution >= 4 is 27.4 Å². The standard InChI is InChI=1S/C35H39BrFN3O4/c1-42-27-11-13-28(14-12-27)44-21-32(24-8-9-24)40-35(41)34-29(18-26-19-38-20-31(34)39-26)23-6-4-22(5-7-23)3-2-16-43-33-17-25(37)10-15-30(33)36/h4-7,10-15,17,24,26,31-32,38-39H,2-3,8-9,16,18-21H2,1H3,(H,40,41). The van der Waals surface area contributed by atoms with Crippen molar-refractivity contribution in [1.29, 1.82) is 0 Å². The number of fused-ring (bicyclic) bond motifs is 2. The SMILES string of the molecule is COc1ccc(OCC(NC(=O)C2=C(c3ccc(CCCOc4cc(F)ccc4Br)cc3)CC3CNCC2N3)C2CC2)cc1. The fourth-order valence-electron chi connectivity index (χ4n) is 6.07. The van der Waals surface area contributed by atoms with Gasteiger partial charge >= 0.3 is 0 Å². The summed E-state index contributed by atoms with van der Waals surface area (Å²) in [5.74, 6) is 2.16. The Labute approximate surface area is 266 Å². The van der Waals surface area contributed by atoms with E-state index in [1.807, 2.05) is 24.3 Å². The van der Waals surface area contributed by atoms with Crippen LogP contribution in [0.1, 0.15) is 36.8 Å². The summed E-state index contributed by atoms with van der Waals surface area (Å²) in [5, 5.41) is 10.5. The lowest BCUT2D eigenvalue weighted by Gasteiger charge is -2.39. The van der Waals surface area contributed by atoms with Gasteiger partial charge in [-0.3, -0.25) is 4.79 Å². The fourth-order valence-corrected chi connectivity index (χ4v) is 6.43. The van der Waals surface area contributed by atoms with E-state index in [2.05, 4.69) is 56.1 Å². The van der Waals surface area contributed by atoms with Gasteiger partial charge in [-0.05, 0) is 107 Å². The zero-order valence-electron chi connectivity index (χ0n) is 24.9. The quantitative estimate of drug-likeness (QED) is 0.205. The average Bonchev–Trinajstić information content (AvgIpc) is 3.89. The Morgan fingerprint density at radius 3 is 2.55 bits per heavy atom. The molecule has 3 unspecified atom stereocenters. The van der Waals surface area contributed by atoms with E-state index in [9.17, 15) is 9.18 Å². The lowest BCUT2D eigenvalue weighted by Crippen LogP contribution is -2.60. The molecule has 2 fully saturated rings. The van der Waals surface area contributed by atoms with E-state index in [1.54, 1.807) is 13.2 Å². The largest absolute Gasteiger partial charge is 0.497 e. The minimum atomic E-state index is -0.316. The van der Waals surface area contributed by atoms with Crippen LogP contribution >= 0.6 is 15.9 Å². The third kappa shape index (κ3) is 7.62. The highest BCUT2D eigenvalue weighted by Gasteiger charge is 2.38. The third-order valence-corrected chi connectivity index (χ3v) is 9.26. The summed E-state index contributed by atoms with van der Waals surface area (Å²) in [4.78, 5) is 14.0. The van der Waals surface area contributed by atoms with Crippen LogP contribution in [0.2, 0.25) is 0 Å². The summed E-state index contributed by atoms with van der Waals surface area (Å²) < 4.78 is 31.4. The van der Waals surface area contributed by atoms with E-state index in [-0.39, 0.29) is 29.8 Å². The Hall–Kier alpha value is -3.40. The summed E-state index contributed by atoms with van der Waals surface area (Å²) in [7, 11) is 1.64. The van der Waals surface area contributed by atoms with Crippen LogP contribution in [-0.2, 0) is 11.2 Å². The molecule has 1 saturated carbocycles. The second-order valence-corrected chi connectivity index (χ2v) is 12.7. The molecule has 7 nitrogen and oxygen atoms in total. The zero-order valence-corrected chi connectivity index (χ0v) is 26.5. The van der Waals surface area contributed by atoms with E-state index in [1.165, 1.54) is 17.7 Å². The number of halogens is 2. The molecule has 2 heterocycles. The van der Waals surface area contributed by atoms with Gasteiger partial charge in [0.2, 0.25) is 5.91 Å². The number of carbonyl (C=O) groups is 1. The van der Waals surface area contributed by atoms with Crippen molar-refractivity contribution in [3.8, 4) is 17.2 Å². The molecule has 1 saturated heterocycles. The molecule has 44 heavy (non-hydrogen) atoms. The average molecular weight is 665 g/mol. The number of piperazine rings is 1. The van der Waals surface area contributed by atoms with Gasteiger partial charge in [-0.2, -0.15) is 0 Å². The van der Waals surface area contributed by atoms with Gasteiger partial charge in [0.05, 0.1) is 30.3 Å². The lowest BCUT2D eigenvalue weighted by atomic mass is 9.83.